The fourth-order valence-corrected chi connectivity index (χ4v) is 3.82. The number of hydrogen-bond acceptors (Lipinski definition) is 4. The van der Waals surface area contributed by atoms with Gasteiger partial charge in [-0.15, -0.1) is 0 Å². The fourth-order valence-electron chi connectivity index (χ4n) is 3.82. The molecule has 1 aromatic rings. The molecular weight excluding hydrogens is 378 g/mol. The van der Waals surface area contributed by atoms with Crippen LogP contribution in [0.2, 0.25) is 0 Å². The van der Waals surface area contributed by atoms with Gasteiger partial charge in [-0.3, -0.25) is 4.99 Å². The first-order chi connectivity index (χ1) is 14.7. The molecule has 0 aliphatic carbocycles. The number of aryl methyl sites for hydroxylation is 1. The highest BCUT2D eigenvalue weighted by Crippen LogP contribution is 2.36. The minimum absolute atomic E-state index is 0.0400. The van der Waals surface area contributed by atoms with Gasteiger partial charge in [-0.25, -0.2) is 0 Å². The van der Waals surface area contributed by atoms with Crippen LogP contribution in [0.4, 0.5) is 0 Å². The average molecular weight is 420 g/mol. The molecule has 0 unspecified atom stereocenters. The number of benzene rings is 1. The topological polar surface area (TPSA) is 64.1 Å². The summed E-state index contributed by atoms with van der Waals surface area (Å²) < 4.78 is 16.8. The number of hydrogen-bond donors (Lipinski definition) is 2. The van der Waals surface area contributed by atoms with Crippen LogP contribution in [0.1, 0.15) is 50.7 Å². The average Bonchev–Trinajstić information content (AvgIpc) is 2.77. The van der Waals surface area contributed by atoms with E-state index in [1.54, 1.807) is 0 Å². The lowest BCUT2D eigenvalue weighted by Gasteiger charge is -2.37. The largest absolute Gasteiger partial charge is 0.381 e. The maximum atomic E-state index is 5.67. The van der Waals surface area contributed by atoms with E-state index < -0.39 is 0 Å². The lowest BCUT2D eigenvalue weighted by atomic mass is 9.72. The van der Waals surface area contributed by atoms with Gasteiger partial charge in [0.05, 0.1) is 26.4 Å². The Morgan fingerprint density at radius 3 is 2.47 bits per heavy atom. The van der Waals surface area contributed by atoms with E-state index in [0.29, 0.717) is 19.8 Å². The third kappa shape index (κ3) is 8.25. The van der Waals surface area contributed by atoms with Gasteiger partial charge in [-0.2, -0.15) is 0 Å². The van der Waals surface area contributed by atoms with Crippen LogP contribution < -0.4 is 10.6 Å². The zero-order valence-corrected chi connectivity index (χ0v) is 19.2. The van der Waals surface area contributed by atoms with Gasteiger partial charge >= 0.3 is 0 Å². The highest BCUT2D eigenvalue weighted by Gasteiger charge is 2.35. The molecule has 1 heterocycles. The van der Waals surface area contributed by atoms with Crippen molar-refractivity contribution in [2.45, 2.75) is 51.9 Å². The smallest absolute Gasteiger partial charge is 0.191 e. The van der Waals surface area contributed by atoms with Gasteiger partial charge in [0.1, 0.15) is 0 Å². The Labute approximate surface area is 182 Å². The number of ether oxygens (including phenoxy) is 3. The molecule has 1 saturated heterocycles. The van der Waals surface area contributed by atoms with E-state index >= 15 is 0 Å². The predicted molar refractivity (Wildman–Crippen MR) is 123 cm³/mol. The van der Waals surface area contributed by atoms with Crippen molar-refractivity contribution in [3.05, 3.63) is 35.4 Å². The molecule has 6 nitrogen and oxygen atoms in total. The van der Waals surface area contributed by atoms with Crippen LogP contribution in [-0.2, 0) is 19.6 Å². The Kier molecular flexibility index (Phi) is 11.8. The Hall–Kier alpha value is -1.63. The summed E-state index contributed by atoms with van der Waals surface area (Å²) >= 11 is 0. The molecule has 0 radical (unpaired) electrons. The van der Waals surface area contributed by atoms with E-state index in [2.05, 4.69) is 55.7 Å². The van der Waals surface area contributed by atoms with Gasteiger partial charge in [0.25, 0.3) is 0 Å². The molecule has 1 aliphatic heterocycles. The monoisotopic (exact) mass is 419 g/mol. The van der Waals surface area contributed by atoms with Crippen LogP contribution in [0.25, 0.3) is 0 Å². The van der Waals surface area contributed by atoms with Crippen molar-refractivity contribution < 1.29 is 14.2 Å². The van der Waals surface area contributed by atoms with Crippen molar-refractivity contribution in [2.75, 3.05) is 59.3 Å². The van der Waals surface area contributed by atoms with E-state index in [4.69, 9.17) is 19.2 Å². The molecule has 0 atom stereocenters. The molecule has 0 amide bonds. The van der Waals surface area contributed by atoms with Crippen LogP contribution in [0.15, 0.2) is 29.3 Å². The second-order valence-electron chi connectivity index (χ2n) is 7.91. The van der Waals surface area contributed by atoms with E-state index in [1.165, 1.54) is 11.1 Å². The molecule has 1 aromatic carbocycles. The Balaban J connectivity index is 1.86. The molecule has 6 heteroatoms. The fraction of sp³-hybridized carbons (Fsp3) is 0.708. The van der Waals surface area contributed by atoms with Gasteiger partial charge in [0.2, 0.25) is 0 Å². The number of nitrogens with zero attached hydrogens (tertiary/aromatic N) is 1. The van der Waals surface area contributed by atoms with Crippen LogP contribution in [-0.4, -0.2) is 65.2 Å². The number of aliphatic imine (C=N–C) groups is 1. The molecule has 30 heavy (non-hydrogen) atoms. The third-order valence-corrected chi connectivity index (χ3v) is 5.60. The molecule has 0 spiro atoms. The maximum absolute atomic E-state index is 5.67. The summed E-state index contributed by atoms with van der Waals surface area (Å²) in [5.41, 5.74) is 2.78. The lowest BCUT2D eigenvalue weighted by molar-refractivity contribution is 0.0486. The number of unbranched alkanes of at least 4 members (excludes halogenated alkanes) is 1. The van der Waals surface area contributed by atoms with Crippen molar-refractivity contribution >= 4 is 5.96 Å². The molecule has 2 rings (SSSR count). The van der Waals surface area contributed by atoms with E-state index in [9.17, 15) is 0 Å². The third-order valence-electron chi connectivity index (χ3n) is 5.60. The highest BCUT2D eigenvalue weighted by atomic mass is 16.5. The lowest BCUT2D eigenvalue weighted by Crippen LogP contribution is -2.42. The van der Waals surface area contributed by atoms with Crippen molar-refractivity contribution in [3.8, 4) is 0 Å². The summed E-state index contributed by atoms with van der Waals surface area (Å²) in [4.78, 5) is 4.95. The van der Waals surface area contributed by atoms with Gasteiger partial charge in [0.15, 0.2) is 5.96 Å². The summed E-state index contributed by atoms with van der Waals surface area (Å²) in [5.74, 6) is 0.847. The SMILES string of the molecule is CCCCOCCOCCNC(=NCC1(c2ccccc2C)CCOCC1)NCC. The zero-order valence-electron chi connectivity index (χ0n) is 19.2. The van der Waals surface area contributed by atoms with Crippen LogP contribution in [0, 0.1) is 6.92 Å². The van der Waals surface area contributed by atoms with E-state index in [1.807, 2.05) is 0 Å². The first kappa shape index (κ1) is 24.6. The molecule has 0 aromatic heterocycles. The summed E-state index contributed by atoms with van der Waals surface area (Å²) in [6.45, 7) is 13.1. The van der Waals surface area contributed by atoms with Crippen molar-refractivity contribution in [1.29, 1.82) is 0 Å². The normalized spacial score (nSPS) is 16.4. The molecule has 1 fully saturated rings. The number of rotatable bonds is 13. The van der Waals surface area contributed by atoms with E-state index in [-0.39, 0.29) is 5.41 Å². The standard InChI is InChI=1S/C24H41N3O3/c1-4-6-14-28-18-19-30-17-13-26-23(25-5-2)27-20-24(11-15-29-16-12-24)22-10-8-7-9-21(22)3/h7-10H,4-6,11-20H2,1-3H3,(H2,25,26,27). The minimum atomic E-state index is 0.0400. The summed E-state index contributed by atoms with van der Waals surface area (Å²) in [7, 11) is 0. The van der Waals surface area contributed by atoms with Gasteiger partial charge < -0.3 is 24.8 Å². The molecule has 1 aliphatic rings. The second kappa shape index (κ2) is 14.4. The molecule has 0 saturated carbocycles. The first-order valence-electron chi connectivity index (χ1n) is 11.5. The van der Waals surface area contributed by atoms with Gasteiger partial charge in [-0.1, -0.05) is 37.6 Å². The molecule has 170 valence electrons. The Morgan fingerprint density at radius 2 is 1.77 bits per heavy atom. The molecular formula is C24H41N3O3. The Morgan fingerprint density at radius 1 is 1.03 bits per heavy atom. The van der Waals surface area contributed by atoms with Crippen molar-refractivity contribution in [1.82, 2.24) is 10.6 Å². The first-order valence-corrected chi connectivity index (χ1v) is 11.5. The number of guanidine groups is 1. The minimum Gasteiger partial charge on any atom is -0.381 e. The quantitative estimate of drug-likeness (QED) is 0.291. The summed E-state index contributed by atoms with van der Waals surface area (Å²) in [6, 6.07) is 8.70. The second-order valence-corrected chi connectivity index (χ2v) is 7.91. The van der Waals surface area contributed by atoms with Crippen LogP contribution in [0.5, 0.6) is 0 Å². The van der Waals surface area contributed by atoms with Crippen LogP contribution >= 0.6 is 0 Å². The Bertz CT molecular complexity index is 615. The molecule has 2 N–H and O–H groups in total. The highest BCUT2D eigenvalue weighted by molar-refractivity contribution is 5.79. The molecule has 0 bridgehead atoms. The number of nitrogens with one attached hydrogen (secondary N) is 2. The summed E-state index contributed by atoms with van der Waals surface area (Å²) in [6.07, 6.45) is 4.28. The zero-order chi connectivity index (χ0) is 21.5. The van der Waals surface area contributed by atoms with Crippen LogP contribution in [0.3, 0.4) is 0 Å². The summed E-state index contributed by atoms with van der Waals surface area (Å²) in [5, 5.41) is 6.75. The van der Waals surface area contributed by atoms with Gasteiger partial charge in [0, 0.05) is 38.3 Å². The predicted octanol–water partition coefficient (Wildman–Crippen LogP) is 3.43. The van der Waals surface area contributed by atoms with E-state index in [0.717, 1.165) is 71.1 Å². The van der Waals surface area contributed by atoms with Gasteiger partial charge in [-0.05, 0) is 44.2 Å². The maximum Gasteiger partial charge on any atom is 0.191 e. The van der Waals surface area contributed by atoms with Crippen molar-refractivity contribution in [2.24, 2.45) is 4.99 Å². The van der Waals surface area contributed by atoms with Crippen molar-refractivity contribution in [3.63, 3.8) is 0 Å².